The number of carbonyl (C=O) groups is 2. The summed E-state index contributed by atoms with van der Waals surface area (Å²) in [7, 11) is 0. The minimum atomic E-state index is -0.327. The van der Waals surface area contributed by atoms with Gasteiger partial charge in [0.2, 0.25) is 0 Å². The van der Waals surface area contributed by atoms with E-state index in [1.165, 1.54) is 6.20 Å². The molecule has 0 fully saturated rings. The lowest BCUT2D eigenvalue weighted by Gasteiger charge is -2.17. The lowest BCUT2D eigenvalue weighted by atomic mass is 10.1. The first-order chi connectivity index (χ1) is 13.6. The van der Waals surface area contributed by atoms with Crippen LogP contribution in [0.15, 0.2) is 66.9 Å². The van der Waals surface area contributed by atoms with Gasteiger partial charge in [0.25, 0.3) is 11.8 Å². The molecule has 2 heterocycles. The summed E-state index contributed by atoms with van der Waals surface area (Å²) in [6.45, 7) is 0.994. The maximum Gasteiger partial charge on any atom is 0.270 e. The summed E-state index contributed by atoms with van der Waals surface area (Å²) in [6.07, 6.45) is 2.33. The molecule has 140 valence electrons. The van der Waals surface area contributed by atoms with Crippen molar-refractivity contribution in [3.05, 3.63) is 94.3 Å². The van der Waals surface area contributed by atoms with E-state index in [-0.39, 0.29) is 17.5 Å². The molecule has 0 unspecified atom stereocenters. The number of pyridine rings is 1. The molecular weight excluding hydrogens is 374 g/mol. The molecule has 2 aromatic carbocycles. The first kappa shape index (κ1) is 18.2. The van der Waals surface area contributed by atoms with Gasteiger partial charge in [-0.25, -0.2) is 0 Å². The third-order valence-corrected chi connectivity index (χ3v) is 4.99. The Morgan fingerprint density at radius 2 is 1.86 bits per heavy atom. The van der Waals surface area contributed by atoms with Crippen molar-refractivity contribution in [2.45, 2.75) is 13.0 Å². The Hall–Kier alpha value is -3.18. The SMILES string of the molecule is O=C(NCc1ccc(Cl)cc1)c1cc(C(=O)N2CCc3ccccc32)ccn1. The Bertz CT molecular complexity index is 1030. The predicted octanol–water partition coefficient (Wildman–Crippen LogP) is 3.87. The molecule has 0 aliphatic carbocycles. The van der Waals surface area contributed by atoms with Crippen LogP contribution in [-0.4, -0.2) is 23.3 Å². The van der Waals surface area contributed by atoms with Crippen molar-refractivity contribution >= 4 is 29.1 Å². The van der Waals surface area contributed by atoms with Crippen LogP contribution in [-0.2, 0) is 13.0 Å². The average molecular weight is 392 g/mol. The minimum Gasteiger partial charge on any atom is -0.347 e. The highest BCUT2D eigenvalue weighted by atomic mass is 35.5. The quantitative estimate of drug-likeness (QED) is 0.734. The van der Waals surface area contributed by atoms with E-state index in [2.05, 4.69) is 10.3 Å². The minimum absolute atomic E-state index is 0.126. The zero-order valence-corrected chi connectivity index (χ0v) is 15.8. The van der Waals surface area contributed by atoms with Gasteiger partial charge >= 0.3 is 0 Å². The van der Waals surface area contributed by atoms with Gasteiger partial charge in [-0.2, -0.15) is 0 Å². The summed E-state index contributed by atoms with van der Waals surface area (Å²) in [6, 6.07) is 18.3. The highest BCUT2D eigenvalue weighted by molar-refractivity contribution is 6.30. The van der Waals surface area contributed by atoms with Crippen LogP contribution in [0.5, 0.6) is 0 Å². The topological polar surface area (TPSA) is 62.3 Å². The number of halogens is 1. The molecule has 6 heteroatoms. The molecule has 0 atom stereocenters. The number of nitrogens with zero attached hydrogens (tertiary/aromatic N) is 2. The largest absolute Gasteiger partial charge is 0.347 e. The number of hydrogen-bond donors (Lipinski definition) is 1. The highest BCUT2D eigenvalue weighted by Gasteiger charge is 2.25. The summed E-state index contributed by atoms with van der Waals surface area (Å²) in [5, 5.41) is 3.46. The third-order valence-electron chi connectivity index (χ3n) is 4.74. The van der Waals surface area contributed by atoms with Crippen molar-refractivity contribution in [3.8, 4) is 0 Å². The number of hydrogen-bond acceptors (Lipinski definition) is 3. The number of para-hydroxylation sites is 1. The van der Waals surface area contributed by atoms with Gasteiger partial charge in [-0.15, -0.1) is 0 Å². The van der Waals surface area contributed by atoms with Crippen LogP contribution in [0.25, 0.3) is 0 Å². The van der Waals surface area contributed by atoms with E-state index in [1.807, 2.05) is 36.4 Å². The van der Waals surface area contributed by atoms with Gasteiger partial charge in [0.15, 0.2) is 0 Å². The molecule has 0 spiro atoms. The van der Waals surface area contributed by atoms with Crippen molar-refractivity contribution in [3.63, 3.8) is 0 Å². The van der Waals surface area contributed by atoms with Gasteiger partial charge in [-0.1, -0.05) is 41.9 Å². The van der Waals surface area contributed by atoms with E-state index in [0.29, 0.717) is 23.7 Å². The van der Waals surface area contributed by atoms with Crippen molar-refractivity contribution in [2.75, 3.05) is 11.4 Å². The van der Waals surface area contributed by atoms with Crippen molar-refractivity contribution in [1.82, 2.24) is 10.3 Å². The lowest BCUT2D eigenvalue weighted by Crippen LogP contribution is -2.29. The number of nitrogens with one attached hydrogen (secondary N) is 1. The smallest absolute Gasteiger partial charge is 0.270 e. The molecule has 28 heavy (non-hydrogen) atoms. The zero-order valence-electron chi connectivity index (χ0n) is 15.1. The lowest BCUT2D eigenvalue weighted by molar-refractivity contribution is 0.0946. The summed E-state index contributed by atoms with van der Waals surface area (Å²) in [5.74, 6) is -0.453. The van der Waals surface area contributed by atoms with Gasteiger partial charge in [0.05, 0.1) is 0 Å². The molecule has 1 aliphatic heterocycles. The monoisotopic (exact) mass is 391 g/mol. The second-order valence-corrected chi connectivity index (χ2v) is 7.01. The van der Waals surface area contributed by atoms with E-state index in [1.54, 1.807) is 29.2 Å². The first-order valence-electron chi connectivity index (χ1n) is 9.00. The standard InChI is InChI=1S/C22H18ClN3O2/c23-18-7-5-15(6-8-18)14-25-21(27)19-13-17(9-11-24-19)22(28)26-12-10-16-3-1-2-4-20(16)26/h1-9,11,13H,10,12,14H2,(H,25,27). The van der Waals surface area contributed by atoms with Crippen LogP contribution in [0.3, 0.4) is 0 Å². The fourth-order valence-corrected chi connectivity index (χ4v) is 3.39. The molecule has 1 N–H and O–H groups in total. The second-order valence-electron chi connectivity index (χ2n) is 6.57. The Balaban J connectivity index is 1.47. The number of amides is 2. The zero-order chi connectivity index (χ0) is 19.5. The maximum absolute atomic E-state index is 12.9. The van der Waals surface area contributed by atoms with Crippen molar-refractivity contribution < 1.29 is 9.59 Å². The van der Waals surface area contributed by atoms with Gasteiger partial charge < -0.3 is 10.2 Å². The van der Waals surface area contributed by atoms with Crippen LogP contribution in [0.2, 0.25) is 5.02 Å². The number of benzene rings is 2. The third kappa shape index (κ3) is 3.75. The van der Waals surface area contributed by atoms with Crippen LogP contribution in [0.1, 0.15) is 32.0 Å². The highest BCUT2D eigenvalue weighted by Crippen LogP contribution is 2.28. The number of fused-ring (bicyclic) bond motifs is 1. The number of aromatic nitrogens is 1. The molecule has 4 rings (SSSR count). The Morgan fingerprint density at radius 3 is 2.68 bits per heavy atom. The van der Waals surface area contributed by atoms with Crippen LogP contribution in [0, 0.1) is 0 Å². The molecule has 0 saturated carbocycles. The van der Waals surface area contributed by atoms with Crippen LogP contribution < -0.4 is 10.2 Å². The molecular formula is C22H18ClN3O2. The molecule has 0 bridgehead atoms. The Kier molecular flexibility index (Phi) is 5.08. The summed E-state index contributed by atoms with van der Waals surface area (Å²) >= 11 is 5.87. The number of anilines is 1. The molecule has 0 radical (unpaired) electrons. The molecule has 5 nitrogen and oxygen atoms in total. The van der Waals surface area contributed by atoms with E-state index >= 15 is 0 Å². The molecule has 1 aromatic heterocycles. The average Bonchev–Trinajstić information content (AvgIpc) is 3.17. The molecule has 2 amide bonds. The fourth-order valence-electron chi connectivity index (χ4n) is 3.27. The molecule has 1 aliphatic rings. The molecule has 3 aromatic rings. The second kappa shape index (κ2) is 7.82. The number of rotatable bonds is 4. The molecule has 0 saturated heterocycles. The fraction of sp³-hybridized carbons (Fsp3) is 0.136. The van der Waals surface area contributed by atoms with E-state index in [9.17, 15) is 9.59 Å². The summed E-state index contributed by atoms with van der Waals surface area (Å²) in [5.41, 5.74) is 3.68. The van der Waals surface area contributed by atoms with Crippen LogP contribution in [0.4, 0.5) is 5.69 Å². The van der Waals surface area contributed by atoms with Crippen molar-refractivity contribution in [1.29, 1.82) is 0 Å². The maximum atomic E-state index is 12.9. The Morgan fingerprint density at radius 1 is 1.07 bits per heavy atom. The first-order valence-corrected chi connectivity index (χ1v) is 9.38. The van der Waals surface area contributed by atoms with Crippen molar-refractivity contribution in [2.24, 2.45) is 0 Å². The van der Waals surface area contributed by atoms with Crippen LogP contribution >= 0.6 is 11.6 Å². The van der Waals surface area contributed by atoms with Gasteiger partial charge in [-0.05, 0) is 47.9 Å². The predicted molar refractivity (Wildman–Crippen MR) is 109 cm³/mol. The van der Waals surface area contributed by atoms with Gasteiger partial charge in [-0.3, -0.25) is 14.6 Å². The number of carbonyl (C=O) groups excluding carboxylic acids is 2. The van der Waals surface area contributed by atoms with Gasteiger partial charge in [0, 0.05) is 35.6 Å². The Labute approximate surface area is 168 Å². The van der Waals surface area contributed by atoms with E-state index in [4.69, 9.17) is 11.6 Å². The summed E-state index contributed by atoms with van der Waals surface area (Å²) in [4.78, 5) is 31.3. The normalized spacial score (nSPS) is 12.5. The van der Waals surface area contributed by atoms with E-state index in [0.717, 1.165) is 23.2 Å². The summed E-state index contributed by atoms with van der Waals surface area (Å²) < 4.78 is 0. The van der Waals surface area contributed by atoms with E-state index < -0.39 is 0 Å². The van der Waals surface area contributed by atoms with Gasteiger partial charge in [0.1, 0.15) is 5.69 Å².